The zero-order chi connectivity index (χ0) is 12.8. The highest BCUT2D eigenvalue weighted by molar-refractivity contribution is 4.85. The number of ether oxygens (including phenoxy) is 1. The molecule has 0 aromatic rings. The van der Waals surface area contributed by atoms with Gasteiger partial charge in [-0.2, -0.15) is 0 Å². The Morgan fingerprint density at radius 2 is 1.83 bits per heavy atom. The summed E-state index contributed by atoms with van der Waals surface area (Å²) in [5, 5.41) is 3.57. The van der Waals surface area contributed by atoms with Gasteiger partial charge in [0, 0.05) is 19.3 Å². The first-order valence-electron chi connectivity index (χ1n) is 8.08. The van der Waals surface area contributed by atoms with E-state index in [2.05, 4.69) is 19.3 Å². The molecule has 2 heteroatoms. The molecule has 2 aliphatic rings. The number of nitrogens with one attached hydrogen (secondary N) is 1. The van der Waals surface area contributed by atoms with Crippen LogP contribution in [0.2, 0.25) is 0 Å². The minimum atomic E-state index is 0.779. The highest BCUT2D eigenvalue weighted by Gasteiger charge is 2.31. The third kappa shape index (κ3) is 3.96. The Hall–Kier alpha value is -0.0800. The molecule has 1 N–H and O–H groups in total. The van der Waals surface area contributed by atoms with Crippen LogP contribution >= 0.6 is 0 Å². The fourth-order valence-electron chi connectivity index (χ4n) is 4.08. The van der Waals surface area contributed by atoms with Crippen LogP contribution in [0.4, 0.5) is 0 Å². The molecule has 2 nitrogen and oxygen atoms in total. The molecule has 0 aromatic carbocycles. The second-order valence-corrected chi connectivity index (χ2v) is 6.41. The zero-order valence-electron chi connectivity index (χ0n) is 12.3. The number of hydrogen-bond acceptors (Lipinski definition) is 2. The van der Waals surface area contributed by atoms with Crippen LogP contribution in [-0.4, -0.2) is 26.3 Å². The van der Waals surface area contributed by atoms with Crippen LogP contribution in [-0.2, 0) is 4.74 Å². The van der Waals surface area contributed by atoms with Crippen molar-refractivity contribution in [3.05, 3.63) is 0 Å². The van der Waals surface area contributed by atoms with Crippen molar-refractivity contribution in [2.75, 3.05) is 20.3 Å². The largest absolute Gasteiger partial charge is 0.381 e. The van der Waals surface area contributed by atoms with E-state index < -0.39 is 0 Å². The lowest BCUT2D eigenvalue weighted by atomic mass is 9.72. The molecule has 1 aliphatic carbocycles. The molecule has 1 aliphatic heterocycles. The van der Waals surface area contributed by atoms with E-state index in [9.17, 15) is 0 Å². The molecule has 2 rings (SSSR count). The van der Waals surface area contributed by atoms with Gasteiger partial charge in [0.1, 0.15) is 0 Å². The molecule has 106 valence electrons. The molecule has 0 spiro atoms. The van der Waals surface area contributed by atoms with E-state index in [4.69, 9.17) is 4.74 Å². The summed E-state index contributed by atoms with van der Waals surface area (Å²) in [6, 6.07) is 0.779. The highest BCUT2D eigenvalue weighted by atomic mass is 16.5. The maximum absolute atomic E-state index is 5.49. The van der Waals surface area contributed by atoms with Crippen LogP contribution in [0.1, 0.15) is 58.3 Å². The predicted molar refractivity (Wildman–Crippen MR) is 76.7 cm³/mol. The number of hydrogen-bond donors (Lipinski definition) is 1. The van der Waals surface area contributed by atoms with Gasteiger partial charge in [-0.3, -0.25) is 0 Å². The summed E-state index contributed by atoms with van der Waals surface area (Å²) in [5.74, 6) is 2.85. The third-order valence-corrected chi connectivity index (χ3v) is 5.14. The Balaban J connectivity index is 1.84. The Morgan fingerprint density at radius 1 is 1.06 bits per heavy atom. The van der Waals surface area contributed by atoms with Crippen LogP contribution < -0.4 is 5.32 Å². The third-order valence-electron chi connectivity index (χ3n) is 5.14. The van der Waals surface area contributed by atoms with E-state index in [0.717, 1.165) is 37.0 Å². The molecule has 1 saturated heterocycles. The van der Waals surface area contributed by atoms with E-state index in [1.165, 1.54) is 51.4 Å². The van der Waals surface area contributed by atoms with Crippen molar-refractivity contribution >= 4 is 0 Å². The van der Waals surface area contributed by atoms with Crippen molar-refractivity contribution < 1.29 is 4.74 Å². The molecular weight excluding hydrogens is 222 g/mol. The molecule has 18 heavy (non-hydrogen) atoms. The lowest BCUT2D eigenvalue weighted by Gasteiger charge is -2.38. The maximum Gasteiger partial charge on any atom is 0.0468 e. The molecule has 1 heterocycles. The van der Waals surface area contributed by atoms with E-state index in [-0.39, 0.29) is 0 Å². The highest BCUT2D eigenvalue weighted by Crippen LogP contribution is 2.37. The van der Waals surface area contributed by atoms with Crippen LogP contribution in [0.5, 0.6) is 0 Å². The maximum atomic E-state index is 5.49. The average Bonchev–Trinajstić information content (AvgIpc) is 2.41. The average molecular weight is 253 g/mol. The first-order valence-corrected chi connectivity index (χ1v) is 8.08. The molecule has 0 radical (unpaired) electrons. The SMILES string of the molecule is CCCC1CCC(NC)C(CC2CCOCC2)C1. The molecule has 0 amide bonds. The van der Waals surface area contributed by atoms with Crippen molar-refractivity contribution in [2.45, 2.75) is 64.3 Å². The molecular formula is C16H31NO. The Kier molecular flexibility index (Phi) is 5.97. The lowest BCUT2D eigenvalue weighted by molar-refractivity contribution is 0.0502. The van der Waals surface area contributed by atoms with E-state index in [1.54, 1.807) is 0 Å². The van der Waals surface area contributed by atoms with Gasteiger partial charge in [-0.05, 0) is 63.3 Å². The monoisotopic (exact) mass is 253 g/mol. The van der Waals surface area contributed by atoms with Crippen molar-refractivity contribution in [3.8, 4) is 0 Å². The molecule has 0 aromatic heterocycles. The summed E-state index contributed by atoms with van der Waals surface area (Å²) in [4.78, 5) is 0. The lowest BCUT2D eigenvalue weighted by Crippen LogP contribution is -2.40. The summed E-state index contributed by atoms with van der Waals surface area (Å²) in [6.45, 7) is 4.33. The standard InChI is InChI=1S/C16H31NO/c1-3-4-13-5-6-16(17-2)15(11-13)12-14-7-9-18-10-8-14/h13-17H,3-12H2,1-2H3. The second-order valence-electron chi connectivity index (χ2n) is 6.41. The minimum absolute atomic E-state index is 0.779. The summed E-state index contributed by atoms with van der Waals surface area (Å²) in [7, 11) is 2.15. The summed E-state index contributed by atoms with van der Waals surface area (Å²) < 4.78 is 5.49. The van der Waals surface area contributed by atoms with Crippen LogP contribution in [0.15, 0.2) is 0 Å². The zero-order valence-corrected chi connectivity index (χ0v) is 12.3. The van der Waals surface area contributed by atoms with Gasteiger partial charge in [0.15, 0.2) is 0 Å². The Labute approximate surface area is 113 Å². The smallest absolute Gasteiger partial charge is 0.0468 e. The summed E-state index contributed by atoms with van der Waals surface area (Å²) in [6.07, 6.45) is 11.2. The summed E-state index contributed by atoms with van der Waals surface area (Å²) in [5.41, 5.74) is 0. The van der Waals surface area contributed by atoms with Crippen molar-refractivity contribution in [1.82, 2.24) is 5.32 Å². The van der Waals surface area contributed by atoms with Crippen molar-refractivity contribution in [1.29, 1.82) is 0 Å². The second kappa shape index (κ2) is 7.49. The Morgan fingerprint density at radius 3 is 2.50 bits per heavy atom. The van der Waals surface area contributed by atoms with Gasteiger partial charge in [-0.1, -0.05) is 19.8 Å². The van der Waals surface area contributed by atoms with E-state index >= 15 is 0 Å². The summed E-state index contributed by atoms with van der Waals surface area (Å²) >= 11 is 0. The molecule has 2 fully saturated rings. The van der Waals surface area contributed by atoms with Crippen LogP contribution in [0.25, 0.3) is 0 Å². The van der Waals surface area contributed by atoms with Gasteiger partial charge in [-0.25, -0.2) is 0 Å². The van der Waals surface area contributed by atoms with E-state index in [0.29, 0.717) is 0 Å². The van der Waals surface area contributed by atoms with Crippen molar-refractivity contribution in [3.63, 3.8) is 0 Å². The van der Waals surface area contributed by atoms with Gasteiger partial charge < -0.3 is 10.1 Å². The molecule has 3 atom stereocenters. The van der Waals surface area contributed by atoms with Gasteiger partial charge >= 0.3 is 0 Å². The fraction of sp³-hybridized carbons (Fsp3) is 1.00. The quantitative estimate of drug-likeness (QED) is 0.808. The van der Waals surface area contributed by atoms with Gasteiger partial charge in [-0.15, -0.1) is 0 Å². The van der Waals surface area contributed by atoms with Gasteiger partial charge in [0.2, 0.25) is 0 Å². The van der Waals surface area contributed by atoms with Gasteiger partial charge in [0.05, 0.1) is 0 Å². The van der Waals surface area contributed by atoms with Crippen LogP contribution in [0, 0.1) is 17.8 Å². The van der Waals surface area contributed by atoms with E-state index in [1.807, 2.05) is 0 Å². The van der Waals surface area contributed by atoms with Crippen LogP contribution in [0.3, 0.4) is 0 Å². The molecule has 0 bridgehead atoms. The normalized spacial score (nSPS) is 34.7. The first-order chi connectivity index (χ1) is 8.83. The fourth-order valence-corrected chi connectivity index (χ4v) is 4.08. The number of rotatable bonds is 5. The topological polar surface area (TPSA) is 21.3 Å². The predicted octanol–water partition coefficient (Wildman–Crippen LogP) is 3.61. The minimum Gasteiger partial charge on any atom is -0.381 e. The van der Waals surface area contributed by atoms with Gasteiger partial charge in [0.25, 0.3) is 0 Å². The first kappa shape index (κ1) is 14.3. The molecule has 3 unspecified atom stereocenters. The Bertz CT molecular complexity index is 225. The van der Waals surface area contributed by atoms with Crippen molar-refractivity contribution in [2.24, 2.45) is 17.8 Å². The molecule has 1 saturated carbocycles.